The van der Waals surface area contributed by atoms with Gasteiger partial charge in [0, 0.05) is 11.5 Å². The molecule has 0 bridgehead atoms. The number of ether oxygens (including phenoxy) is 2. The van der Waals surface area contributed by atoms with E-state index in [0.717, 1.165) is 12.0 Å². The Bertz CT molecular complexity index is 690. The van der Waals surface area contributed by atoms with Gasteiger partial charge in [-0.2, -0.15) is 5.26 Å². The van der Waals surface area contributed by atoms with Crippen LogP contribution in [0, 0.1) is 11.3 Å². The Morgan fingerprint density at radius 1 is 1.00 bits per heavy atom. The predicted octanol–water partition coefficient (Wildman–Crippen LogP) is 4.12. The van der Waals surface area contributed by atoms with E-state index in [1.54, 1.807) is 12.1 Å². The van der Waals surface area contributed by atoms with Gasteiger partial charge in [0.15, 0.2) is 6.29 Å². The van der Waals surface area contributed by atoms with Gasteiger partial charge in [0.25, 0.3) is 0 Å². The monoisotopic (exact) mass is 305 g/mol. The van der Waals surface area contributed by atoms with E-state index in [1.807, 2.05) is 18.2 Å². The van der Waals surface area contributed by atoms with Gasteiger partial charge in [0.05, 0.1) is 24.8 Å². The van der Waals surface area contributed by atoms with Gasteiger partial charge in [0.1, 0.15) is 0 Å². The highest BCUT2D eigenvalue weighted by atomic mass is 16.7. The van der Waals surface area contributed by atoms with Gasteiger partial charge >= 0.3 is 0 Å². The average molecular weight is 305 g/mol. The van der Waals surface area contributed by atoms with Crippen molar-refractivity contribution >= 4 is 0 Å². The third-order valence-corrected chi connectivity index (χ3v) is 4.04. The second-order valence-corrected chi connectivity index (χ2v) is 5.66. The number of nitrogens with zero attached hydrogens (tertiary/aromatic N) is 1. The van der Waals surface area contributed by atoms with Gasteiger partial charge in [-0.05, 0) is 29.7 Å². The summed E-state index contributed by atoms with van der Waals surface area (Å²) in [6, 6.07) is 18.0. The zero-order valence-corrected chi connectivity index (χ0v) is 12.9. The van der Waals surface area contributed by atoms with Gasteiger partial charge < -0.3 is 9.47 Å². The van der Waals surface area contributed by atoms with Gasteiger partial charge in [0.2, 0.25) is 0 Å². The lowest BCUT2D eigenvalue weighted by atomic mass is 9.98. The Morgan fingerprint density at radius 2 is 1.61 bits per heavy atom. The van der Waals surface area contributed by atoms with Crippen molar-refractivity contribution in [3.63, 3.8) is 0 Å². The second kappa shape index (κ2) is 7.23. The Kier molecular flexibility index (Phi) is 4.87. The normalized spacial score (nSPS) is 20.7. The molecule has 0 aliphatic carbocycles. The third-order valence-electron chi connectivity index (χ3n) is 4.04. The molecule has 0 radical (unpaired) electrons. The van der Waals surface area contributed by atoms with Crippen molar-refractivity contribution in [1.82, 2.24) is 0 Å². The summed E-state index contributed by atoms with van der Waals surface area (Å²) < 4.78 is 11.7. The molecule has 1 fully saturated rings. The summed E-state index contributed by atoms with van der Waals surface area (Å²) in [6.07, 6.45) is 2.45. The first-order valence-corrected chi connectivity index (χ1v) is 7.73. The lowest BCUT2D eigenvalue weighted by molar-refractivity contribution is -0.191. The molecule has 23 heavy (non-hydrogen) atoms. The van der Waals surface area contributed by atoms with E-state index in [1.165, 1.54) is 11.1 Å². The van der Waals surface area contributed by atoms with Crippen LogP contribution in [0.1, 0.15) is 34.5 Å². The summed E-state index contributed by atoms with van der Waals surface area (Å²) in [5.41, 5.74) is 4.08. The van der Waals surface area contributed by atoms with Crippen LogP contribution < -0.4 is 0 Å². The highest BCUT2D eigenvalue weighted by molar-refractivity contribution is 5.32. The molecule has 0 unspecified atom stereocenters. The van der Waals surface area contributed by atoms with Crippen LogP contribution in [0.3, 0.4) is 0 Å². The van der Waals surface area contributed by atoms with Crippen molar-refractivity contribution in [3.8, 4) is 6.07 Å². The number of benzene rings is 2. The molecule has 1 aliphatic rings. The van der Waals surface area contributed by atoms with Gasteiger partial charge in [-0.25, -0.2) is 0 Å². The first-order valence-electron chi connectivity index (χ1n) is 7.73. The highest BCUT2D eigenvalue weighted by Crippen LogP contribution is 2.30. The first-order chi connectivity index (χ1) is 11.3. The smallest absolute Gasteiger partial charge is 0.183 e. The van der Waals surface area contributed by atoms with Crippen LogP contribution in [0.2, 0.25) is 0 Å². The topological polar surface area (TPSA) is 42.2 Å². The second-order valence-electron chi connectivity index (χ2n) is 5.66. The first kappa shape index (κ1) is 15.5. The zero-order chi connectivity index (χ0) is 16.1. The minimum Gasteiger partial charge on any atom is -0.348 e. The maximum absolute atomic E-state index is 8.83. The SMILES string of the molecule is C=CCc1ccc(C2COC(c3ccc(C#N)cc3)OC2)cc1. The molecule has 1 aliphatic heterocycles. The molecule has 2 aromatic rings. The molecule has 1 saturated heterocycles. The minimum absolute atomic E-state index is 0.252. The highest BCUT2D eigenvalue weighted by Gasteiger charge is 2.24. The molecule has 0 atom stereocenters. The van der Waals surface area contributed by atoms with Crippen LogP contribution in [-0.4, -0.2) is 13.2 Å². The summed E-state index contributed by atoms with van der Waals surface area (Å²) in [6.45, 7) is 5.02. The lowest BCUT2D eigenvalue weighted by Gasteiger charge is -2.30. The third kappa shape index (κ3) is 3.68. The largest absolute Gasteiger partial charge is 0.348 e. The molecular weight excluding hydrogens is 286 g/mol. The van der Waals surface area contributed by atoms with Crippen molar-refractivity contribution in [1.29, 1.82) is 5.26 Å². The molecule has 0 aromatic heterocycles. The lowest BCUT2D eigenvalue weighted by Crippen LogP contribution is -2.25. The Balaban J connectivity index is 1.61. The Labute approximate surface area is 136 Å². The van der Waals surface area contributed by atoms with Crippen molar-refractivity contribution in [3.05, 3.63) is 83.4 Å². The van der Waals surface area contributed by atoms with Crippen LogP contribution in [0.4, 0.5) is 0 Å². The zero-order valence-electron chi connectivity index (χ0n) is 12.9. The van der Waals surface area contributed by atoms with E-state index in [9.17, 15) is 0 Å². The maximum atomic E-state index is 8.83. The van der Waals surface area contributed by atoms with E-state index in [-0.39, 0.29) is 12.2 Å². The molecular formula is C20H19NO2. The summed E-state index contributed by atoms with van der Waals surface area (Å²) in [4.78, 5) is 0. The van der Waals surface area contributed by atoms with Crippen LogP contribution in [0.15, 0.2) is 61.2 Å². The molecule has 116 valence electrons. The average Bonchev–Trinajstić information content (AvgIpc) is 2.63. The standard InChI is InChI=1S/C20H19NO2/c1-2-3-15-4-8-17(9-5-15)19-13-22-20(23-14-19)18-10-6-16(12-21)7-11-18/h2,4-11,19-20H,1,3,13-14H2. The quantitative estimate of drug-likeness (QED) is 0.798. The molecule has 2 aromatic carbocycles. The summed E-state index contributed by atoms with van der Waals surface area (Å²) in [7, 11) is 0. The van der Waals surface area contributed by atoms with Crippen LogP contribution in [0.25, 0.3) is 0 Å². The van der Waals surface area contributed by atoms with E-state index >= 15 is 0 Å². The molecule has 0 amide bonds. The Hall–Kier alpha value is -2.41. The maximum Gasteiger partial charge on any atom is 0.183 e. The molecule has 3 heteroatoms. The number of rotatable bonds is 4. The minimum atomic E-state index is -0.348. The number of nitriles is 1. The van der Waals surface area contributed by atoms with E-state index in [0.29, 0.717) is 18.8 Å². The molecule has 1 heterocycles. The van der Waals surface area contributed by atoms with Crippen LogP contribution in [-0.2, 0) is 15.9 Å². The van der Waals surface area contributed by atoms with E-state index in [4.69, 9.17) is 14.7 Å². The molecule has 0 spiro atoms. The van der Waals surface area contributed by atoms with Crippen molar-refractivity contribution in [2.45, 2.75) is 18.6 Å². The number of allylic oxidation sites excluding steroid dienone is 1. The fourth-order valence-corrected chi connectivity index (χ4v) is 2.70. The summed E-state index contributed by atoms with van der Waals surface area (Å²) >= 11 is 0. The van der Waals surface area contributed by atoms with Gasteiger partial charge in [-0.15, -0.1) is 6.58 Å². The van der Waals surface area contributed by atoms with Crippen molar-refractivity contribution < 1.29 is 9.47 Å². The van der Waals surface area contributed by atoms with Crippen LogP contribution >= 0.6 is 0 Å². The fourth-order valence-electron chi connectivity index (χ4n) is 2.70. The van der Waals surface area contributed by atoms with Crippen molar-refractivity contribution in [2.75, 3.05) is 13.2 Å². The molecule has 0 N–H and O–H groups in total. The van der Waals surface area contributed by atoms with Gasteiger partial charge in [-0.3, -0.25) is 0 Å². The predicted molar refractivity (Wildman–Crippen MR) is 88.9 cm³/mol. The number of hydrogen-bond acceptors (Lipinski definition) is 3. The van der Waals surface area contributed by atoms with E-state index in [2.05, 4.69) is 36.9 Å². The number of hydrogen-bond donors (Lipinski definition) is 0. The van der Waals surface area contributed by atoms with Crippen LogP contribution in [0.5, 0.6) is 0 Å². The molecule has 3 nitrogen and oxygen atoms in total. The van der Waals surface area contributed by atoms with Gasteiger partial charge in [-0.1, -0.05) is 42.5 Å². The van der Waals surface area contributed by atoms with E-state index < -0.39 is 0 Å². The fraction of sp³-hybridized carbons (Fsp3) is 0.250. The molecule has 0 saturated carbocycles. The molecule has 3 rings (SSSR count). The summed E-state index contributed by atoms with van der Waals surface area (Å²) in [5.74, 6) is 0.252. The Morgan fingerprint density at radius 3 is 2.17 bits per heavy atom. The van der Waals surface area contributed by atoms with Crippen molar-refractivity contribution in [2.24, 2.45) is 0 Å². The summed E-state index contributed by atoms with van der Waals surface area (Å²) in [5, 5.41) is 8.83.